The van der Waals surface area contributed by atoms with Crippen LogP contribution in [-0.2, 0) is 0 Å². The van der Waals surface area contributed by atoms with Gasteiger partial charge in [-0.05, 0) is 68.8 Å². The lowest BCUT2D eigenvalue weighted by molar-refractivity contribution is 0.0718. The normalized spacial score (nSPS) is 11.2. The van der Waals surface area contributed by atoms with Gasteiger partial charge in [-0.3, -0.25) is 0 Å². The van der Waals surface area contributed by atoms with E-state index in [9.17, 15) is 4.79 Å². The molecule has 0 N–H and O–H groups in total. The summed E-state index contributed by atoms with van der Waals surface area (Å²) in [7, 11) is 3.21. The molecule has 1 aromatic heterocycles. The largest absolute Gasteiger partial charge is 0.487 e. The molecule has 0 spiro atoms. The minimum atomic E-state index is -0.441. The average Bonchev–Trinajstić information content (AvgIpc) is 3.01. The molecule has 0 amide bonds. The minimum absolute atomic E-state index is 0.400. The van der Waals surface area contributed by atoms with E-state index in [1.54, 1.807) is 51.0 Å². The Bertz CT molecular complexity index is 963. The van der Waals surface area contributed by atoms with Crippen molar-refractivity contribution < 1.29 is 14.3 Å². The van der Waals surface area contributed by atoms with Crippen molar-refractivity contribution in [3.05, 3.63) is 64.0 Å². The molecule has 0 aliphatic heterocycles. The van der Waals surface area contributed by atoms with Crippen molar-refractivity contribution in [2.75, 3.05) is 0 Å². The molecule has 0 aliphatic rings. The van der Waals surface area contributed by atoms with E-state index < -0.39 is 11.6 Å². The SMILES string of the molecule is CC(C)(C)Oc1ccccc1C(=O)Oc1ccc(-c2cc(=S)ss2)cc1. The minimum Gasteiger partial charge on any atom is -0.487 e. The Morgan fingerprint density at radius 2 is 1.69 bits per heavy atom. The van der Waals surface area contributed by atoms with E-state index in [1.807, 2.05) is 45.0 Å². The molecule has 0 bridgehead atoms. The molecular formula is C20H18O3S3. The smallest absolute Gasteiger partial charge is 0.347 e. The molecular weight excluding hydrogens is 384 g/mol. The highest BCUT2D eigenvalue weighted by atomic mass is 32.9. The first-order valence-corrected chi connectivity index (χ1v) is 10.6. The molecule has 0 saturated heterocycles. The van der Waals surface area contributed by atoms with Gasteiger partial charge < -0.3 is 9.47 Å². The highest BCUT2D eigenvalue weighted by molar-refractivity contribution is 7.80. The lowest BCUT2D eigenvalue weighted by Crippen LogP contribution is -2.24. The predicted molar refractivity (Wildman–Crippen MR) is 110 cm³/mol. The Hall–Kier alpha value is -2.02. The molecule has 2 aromatic carbocycles. The number of benzene rings is 2. The molecule has 3 rings (SSSR count). The Labute approximate surface area is 165 Å². The van der Waals surface area contributed by atoms with Crippen LogP contribution in [0.4, 0.5) is 0 Å². The molecule has 0 atom stereocenters. The molecule has 0 aliphatic carbocycles. The van der Waals surface area contributed by atoms with E-state index in [-0.39, 0.29) is 0 Å². The van der Waals surface area contributed by atoms with Gasteiger partial charge in [-0.1, -0.05) is 45.0 Å². The van der Waals surface area contributed by atoms with Gasteiger partial charge in [-0.25, -0.2) is 4.79 Å². The first-order chi connectivity index (χ1) is 12.3. The fraction of sp³-hybridized carbons (Fsp3) is 0.200. The summed E-state index contributed by atoms with van der Waals surface area (Å²) in [6.45, 7) is 5.81. The van der Waals surface area contributed by atoms with Gasteiger partial charge in [-0.2, -0.15) is 0 Å². The molecule has 0 fully saturated rings. The molecule has 3 aromatic rings. The molecule has 6 heteroatoms. The molecule has 3 nitrogen and oxygen atoms in total. The first kappa shape index (κ1) is 18.8. The average molecular weight is 403 g/mol. The first-order valence-electron chi connectivity index (χ1n) is 8.03. The number of rotatable bonds is 4. The predicted octanol–water partition coefficient (Wildman–Crippen LogP) is 6.60. The zero-order valence-electron chi connectivity index (χ0n) is 14.6. The third kappa shape index (κ3) is 4.78. The van der Waals surface area contributed by atoms with Crippen molar-refractivity contribution in [2.45, 2.75) is 26.4 Å². The highest BCUT2D eigenvalue weighted by Gasteiger charge is 2.19. The van der Waals surface area contributed by atoms with Crippen LogP contribution < -0.4 is 9.47 Å². The summed E-state index contributed by atoms with van der Waals surface area (Å²) in [5.74, 6) is 0.562. The number of ether oxygens (including phenoxy) is 2. The van der Waals surface area contributed by atoms with Crippen LogP contribution in [-0.4, -0.2) is 11.6 Å². The van der Waals surface area contributed by atoms with Gasteiger partial charge in [0, 0.05) is 4.88 Å². The number of esters is 1. The number of carbonyl (C=O) groups excluding carboxylic acids is 1. The molecule has 0 unspecified atom stereocenters. The Morgan fingerprint density at radius 1 is 1.00 bits per heavy atom. The van der Waals surface area contributed by atoms with Crippen LogP contribution in [0.3, 0.4) is 0 Å². The van der Waals surface area contributed by atoms with E-state index >= 15 is 0 Å². The number of carbonyl (C=O) groups is 1. The molecule has 0 radical (unpaired) electrons. The second-order valence-electron chi connectivity index (χ2n) is 6.62. The van der Waals surface area contributed by atoms with Gasteiger partial charge in [0.2, 0.25) is 0 Å². The standard InChI is InChI=1S/C20H18O3S3/c1-20(2,3)23-16-7-5-4-6-15(16)19(21)22-14-10-8-13(9-11-14)17-12-18(24)26-25-17/h4-12H,1-3H3. The van der Waals surface area contributed by atoms with Crippen molar-refractivity contribution in [1.29, 1.82) is 0 Å². The van der Waals surface area contributed by atoms with Gasteiger partial charge in [-0.15, -0.1) is 0 Å². The van der Waals surface area contributed by atoms with Crippen molar-refractivity contribution in [1.82, 2.24) is 0 Å². The van der Waals surface area contributed by atoms with Gasteiger partial charge in [0.1, 0.15) is 26.5 Å². The fourth-order valence-corrected chi connectivity index (χ4v) is 4.68. The van der Waals surface area contributed by atoms with Crippen molar-refractivity contribution >= 4 is 38.9 Å². The molecule has 1 heterocycles. The number of para-hydroxylation sites is 1. The molecule has 0 saturated carbocycles. The maximum Gasteiger partial charge on any atom is 0.347 e. The Kier molecular flexibility index (Phi) is 5.55. The summed E-state index contributed by atoms with van der Waals surface area (Å²) in [5.41, 5.74) is 1.06. The van der Waals surface area contributed by atoms with Crippen LogP contribution in [0, 0.1) is 3.82 Å². The van der Waals surface area contributed by atoms with Gasteiger partial charge in [0.05, 0.1) is 0 Å². The summed E-state index contributed by atoms with van der Waals surface area (Å²) < 4.78 is 12.3. The maximum atomic E-state index is 12.6. The van der Waals surface area contributed by atoms with Crippen LogP contribution in [0.1, 0.15) is 31.1 Å². The zero-order valence-corrected chi connectivity index (χ0v) is 17.1. The monoisotopic (exact) mass is 402 g/mol. The lowest BCUT2D eigenvalue weighted by atomic mass is 10.1. The quantitative estimate of drug-likeness (QED) is 0.213. The van der Waals surface area contributed by atoms with Gasteiger partial charge >= 0.3 is 5.97 Å². The zero-order chi connectivity index (χ0) is 18.7. The van der Waals surface area contributed by atoms with Crippen LogP contribution in [0.25, 0.3) is 10.4 Å². The summed E-state index contributed by atoms with van der Waals surface area (Å²) in [4.78, 5) is 13.7. The summed E-state index contributed by atoms with van der Waals surface area (Å²) in [6, 6.07) is 16.5. The Morgan fingerprint density at radius 3 is 2.31 bits per heavy atom. The van der Waals surface area contributed by atoms with Crippen molar-refractivity contribution in [3.63, 3.8) is 0 Å². The van der Waals surface area contributed by atoms with E-state index in [0.29, 0.717) is 17.1 Å². The molecule has 134 valence electrons. The maximum absolute atomic E-state index is 12.6. The van der Waals surface area contributed by atoms with Gasteiger partial charge in [0.15, 0.2) is 0 Å². The number of hydrogen-bond donors (Lipinski definition) is 0. The second-order valence-corrected chi connectivity index (χ2v) is 9.53. The van der Waals surface area contributed by atoms with Crippen LogP contribution in [0.2, 0.25) is 0 Å². The lowest BCUT2D eigenvalue weighted by Gasteiger charge is -2.22. The fourth-order valence-electron chi connectivity index (χ4n) is 2.28. The van der Waals surface area contributed by atoms with Crippen molar-refractivity contribution in [2.24, 2.45) is 0 Å². The summed E-state index contributed by atoms with van der Waals surface area (Å²) >= 11 is 5.17. The summed E-state index contributed by atoms with van der Waals surface area (Å²) in [6.07, 6.45) is 0. The van der Waals surface area contributed by atoms with Crippen LogP contribution in [0.15, 0.2) is 54.6 Å². The topological polar surface area (TPSA) is 35.5 Å². The van der Waals surface area contributed by atoms with E-state index in [2.05, 4.69) is 0 Å². The summed E-state index contributed by atoms with van der Waals surface area (Å²) in [5, 5.41) is 0. The number of hydrogen-bond acceptors (Lipinski definition) is 6. The highest BCUT2D eigenvalue weighted by Crippen LogP contribution is 2.31. The Balaban J connectivity index is 1.77. The van der Waals surface area contributed by atoms with Crippen LogP contribution >= 0.6 is 32.9 Å². The molecule has 26 heavy (non-hydrogen) atoms. The van der Waals surface area contributed by atoms with E-state index in [0.717, 1.165) is 14.3 Å². The third-order valence-corrected chi connectivity index (χ3v) is 6.25. The van der Waals surface area contributed by atoms with Crippen molar-refractivity contribution in [3.8, 4) is 21.9 Å². The third-order valence-electron chi connectivity index (χ3n) is 3.34. The van der Waals surface area contributed by atoms with Crippen LogP contribution in [0.5, 0.6) is 11.5 Å². The second kappa shape index (κ2) is 7.70. The van der Waals surface area contributed by atoms with E-state index in [1.165, 1.54) is 0 Å². The van der Waals surface area contributed by atoms with Gasteiger partial charge in [0.25, 0.3) is 0 Å². The van der Waals surface area contributed by atoms with E-state index in [4.69, 9.17) is 21.7 Å².